The van der Waals surface area contributed by atoms with Crippen molar-refractivity contribution in [3.63, 3.8) is 0 Å². The van der Waals surface area contributed by atoms with Gasteiger partial charge in [-0.15, -0.1) is 0 Å². The van der Waals surface area contributed by atoms with Gasteiger partial charge in [0.25, 0.3) is 0 Å². The van der Waals surface area contributed by atoms with E-state index in [0.717, 1.165) is 0 Å². The highest BCUT2D eigenvalue weighted by Crippen LogP contribution is 2.29. The average Bonchev–Trinajstić information content (AvgIpc) is 2.40. The minimum absolute atomic E-state index is 0.196. The topological polar surface area (TPSA) is 9.72 Å². The Labute approximate surface area is 165 Å². The molecule has 3 nitrogen and oxygen atoms in total. The van der Waals surface area contributed by atoms with Gasteiger partial charge in [0.2, 0.25) is 0 Å². The Hall–Kier alpha value is 0.412. The summed E-state index contributed by atoms with van der Waals surface area (Å²) in [4.78, 5) is 0. The van der Waals surface area contributed by atoms with Gasteiger partial charge in [-0.3, -0.25) is 0 Å². The molecule has 0 aromatic carbocycles. The Balaban J connectivity index is 6.32. The van der Waals surface area contributed by atoms with Crippen LogP contribution in [-0.4, -0.2) is 62.7 Å². The van der Waals surface area contributed by atoms with Crippen LogP contribution in [0, 0.1) is 0 Å². The quantitative estimate of drug-likeness (QED) is 0.497. The van der Waals surface area contributed by atoms with E-state index in [1.54, 1.807) is 0 Å². The highest BCUT2D eigenvalue weighted by atomic mass is 27.2. The van der Waals surface area contributed by atoms with Gasteiger partial charge in [-0.1, -0.05) is 20.8 Å². The predicted octanol–water partition coefficient (Wildman–Crippen LogP) is 5.50. The lowest BCUT2D eigenvalue weighted by molar-refractivity contribution is 0.111. The van der Waals surface area contributed by atoms with Gasteiger partial charge in [0.15, 0.2) is 0 Å². The SMILES string of the molecule is CCC[N]([Al]([N](CCC)C(C)(C)C)[N](CCC)C(C)(C)C)C(C)(C)C. The molecule has 0 atom stereocenters. The van der Waals surface area contributed by atoms with E-state index in [1.807, 2.05) is 0 Å². The number of hydrogen-bond acceptors (Lipinski definition) is 3. The van der Waals surface area contributed by atoms with E-state index < -0.39 is 14.8 Å². The summed E-state index contributed by atoms with van der Waals surface area (Å²) in [6.07, 6.45) is 3.65. The van der Waals surface area contributed by atoms with Crippen molar-refractivity contribution < 1.29 is 0 Å². The molecule has 0 spiro atoms. The molecule has 25 heavy (non-hydrogen) atoms. The number of hydrogen-bond donors (Lipinski definition) is 0. The largest absolute Gasteiger partial charge is 0.610 e. The zero-order chi connectivity index (χ0) is 20.1. The van der Waals surface area contributed by atoms with Crippen molar-refractivity contribution in [2.75, 3.05) is 19.6 Å². The molecule has 4 heteroatoms. The van der Waals surface area contributed by atoms with E-state index in [-0.39, 0.29) is 16.6 Å². The molecule has 0 aliphatic rings. The molecule has 0 amide bonds. The van der Waals surface area contributed by atoms with Crippen LogP contribution in [0.25, 0.3) is 0 Å². The standard InChI is InChI=1S/3C7H16N.Al/c3*1-5-6-8-7(2,3)4;/h3*5-6H2,1-4H3;/q3*-1;+3. The molecule has 0 aromatic rings. The Bertz CT molecular complexity index is 306. The first-order chi connectivity index (χ1) is 11.2. The van der Waals surface area contributed by atoms with Crippen LogP contribution in [0.1, 0.15) is 102 Å². The molecule has 0 aliphatic heterocycles. The molecule has 0 unspecified atom stereocenters. The molecule has 0 radical (unpaired) electrons. The van der Waals surface area contributed by atoms with Crippen molar-refractivity contribution in [1.82, 2.24) is 11.7 Å². The monoisotopic (exact) mass is 369 g/mol. The van der Waals surface area contributed by atoms with Crippen molar-refractivity contribution in [1.29, 1.82) is 0 Å². The van der Waals surface area contributed by atoms with Gasteiger partial charge in [0.1, 0.15) is 0 Å². The Morgan fingerprint density at radius 2 is 0.680 bits per heavy atom. The summed E-state index contributed by atoms with van der Waals surface area (Å²) in [5.41, 5.74) is 0.587. The first kappa shape index (κ1) is 25.4. The summed E-state index contributed by atoms with van der Waals surface area (Å²) in [6, 6.07) is 0. The highest BCUT2D eigenvalue weighted by molar-refractivity contribution is 6.50. The lowest BCUT2D eigenvalue weighted by Gasteiger charge is -2.54. The Kier molecular flexibility index (Phi) is 10.3. The minimum atomic E-state index is -1.51. The van der Waals surface area contributed by atoms with Crippen LogP contribution in [0.2, 0.25) is 0 Å². The van der Waals surface area contributed by atoms with Crippen LogP contribution in [0.4, 0.5) is 0 Å². The van der Waals surface area contributed by atoms with Gasteiger partial charge in [-0.25, -0.2) is 0 Å². The molecule has 150 valence electrons. The van der Waals surface area contributed by atoms with Crippen LogP contribution in [0.3, 0.4) is 0 Å². The summed E-state index contributed by atoms with van der Waals surface area (Å²) in [7, 11) is 0. The number of rotatable bonds is 9. The molecule has 0 heterocycles. The fraction of sp³-hybridized carbons (Fsp3) is 1.00. The van der Waals surface area contributed by atoms with Crippen molar-refractivity contribution in [2.45, 2.75) is 119 Å². The molecule has 0 rings (SSSR count). The summed E-state index contributed by atoms with van der Waals surface area (Å²) in [5.74, 6) is 0. The number of nitrogens with zero attached hydrogens (tertiary/aromatic N) is 3. The summed E-state index contributed by atoms with van der Waals surface area (Å²) >= 11 is -1.51. The first-order valence-corrected chi connectivity index (χ1v) is 12.1. The second kappa shape index (κ2) is 10.1. The smallest absolute Gasteiger partial charge is 0.352 e. The summed E-state index contributed by atoms with van der Waals surface area (Å²) in [6.45, 7) is 32.2. The maximum Gasteiger partial charge on any atom is 0.610 e. The van der Waals surface area contributed by atoms with Gasteiger partial charge < -0.3 is 11.7 Å². The Morgan fingerprint density at radius 1 is 0.480 bits per heavy atom. The lowest BCUT2D eigenvalue weighted by Crippen LogP contribution is -2.73. The van der Waals surface area contributed by atoms with Crippen molar-refractivity contribution in [3.8, 4) is 0 Å². The molecular weight excluding hydrogens is 321 g/mol. The van der Waals surface area contributed by atoms with Crippen LogP contribution in [-0.2, 0) is 0 Å². The van der Waals surface area contributed by atoms with Crippen LogP contribution < -0.4 is 0 Å². The zero-order valence-electron chi connectivity index (χ0n) is 19.7. The first-order valence-electron chi connectivity index (χ1n) is 10.5. The molecular formula is C21H48AlN3. The molecule has 0 saturated carbocycles. The minimum Gasteiger partial charge on any atom is -0.352 e. The fourth-order valence-electron chi connectivity index (χ4n) is 3.62. The summed E-state index contributed by atoms with van der Waals surface area (Å²) < 4.78 is 8.61. The predicted molar refractivity (Wildman–Crippen MR) is 116 cm³/mol. The van der Waals surface area contributed by atoms with Crippen LogP contribution >= 0.6 is 0 Å². The average molecular weight is 370 g/mol. The van der Waals surface area contributed by atoms with Gasteiger partial charge in [0.05, 0.1) is 0 Å². The molecule has 0 aromatic heterocycles. The normalized spacial score (nSPS) is 14.0. The van der Waals surface area contributed by atoms with Gasteiger partial charge >= 0.3 is 14.8 Å². The molecule has 0 bridgehead atoms. The van der Waals surface area contributed by atoms with Crippen molar-refractivity contribution in [3.05, 3.63) is 0 Å². The maximum atomic E-state index is 2.87. The molecule has 0 aliphatic carbocycles. The lowest BCUT2D eigenvalue weighted by atomic mass is 10.1. The Morgan fingerprint density at radius 3 is 0.800 bits per heavy atom. The van der Waals surface area contributed by atoms with Gasteiger partial charge in [-0.05, 0) is 118 Å². The van der Waals surface area contributed by atoms with E-state index in [4.69, 9.17) is 0 Å². The second-order valence-electron chi connectivity index (χ2n) is 10.4. The fourth-order valence-corrected chi connectivity index (χ4v) is 8.17. The third-order valence-electron chi connectivity index (χ3n) is 4.81. The van der Waals surface area contributed by atoms with Gasteiger partial charge in [0, 0.05) is 0 Å². The third kappa shape index (κ3) is 7.89. The highest BCUT2D eigenvalue weighted by Gasteiger charge is 2.50. The van der Waals surface area contributed by atoms with Crippen molar-refractivity contribution >= 4 is 14.8 Å². The van der Waals surface area contributed by atoms with Crippen molar-refractivity contribution in [2.24, 2.45) is 0 Å². The molecule has 0 saturated heterocycles. The zero-order valence-corrected chi connectivity index (χ0v) is 20.8. The molecule has 0 N–H and O–H groups in total. The van der Waals surface area contributed by atoms with E-state index in [0.29, 0.717) is 0 Å². The van der Waals surface area contributed by atoms with E-state index in [2.05, 4.69) is 94.7 Å². The van der Waals surface area contributed by atoms with E-state index in [9.17, 15) is 0 Å². The maximum absolute atomic E-state index is 2.87. The van der Waals surface area contributed by atoms with Crippen LogP contribution in [0.15, 0.2) is 0 Å². The van der Waals surface area contributed by atoms with E-state index in [1.165, 1.54) is 38.9 Å². The van der Waals surface area contributed by atoms with Gasteiger partial charge in [-0.2, -0.15) is 0 Å². The third-order valence-corrected chi connectivity index (χ3v) is 9.59. The second-order valence-corrected chi connectivity index (χ2v) is 13.0. The molecule has 0 fully saturated rings. The van der Waals surface area contributed by atoms with E-state index >= 15 is 0 Å². The summed E-state index contributed by atoms with van der Waals surface area (Å²) in [5, 5.41) is 0. The van der Waals surface area contributed by atoms with Crippen LogP contribution in [0.5, 0.6) is 0 Å².